The third-order valence-electron chi connectivity index (χ3n) is 4.22. The van der Waals surface area contributed by atoms with E-state index >= 15 is 0 Å². The number of anilines is 1. The lowest BCUT2D eigenvalue weighted by atomic mass is 10.1. The fourth-order valence-electron chi connectivity index (χ4n) is 2.95. The molecule has 2 aromatic rings. The van der Waals surface area contributed by atoms with E-state index in [1.165, 1.54) is 6.33 Å². The minimum atomic E-state index is 0.147. The molecule has 0 saturated carbocycles. The fourth-order valence-corrected chi connectivity index (χ4v) is 3.13. The van der Waals surface area contributed by atoms with Crippen LogP contribution in [0.15, 0.2) is 36.7 Å². The van der Waals surface area contributed by atoms with Crippen molar-refractivity contribution in [1.82, 2.24) is 14.9 Å². The minimum absolute atomic E-state index is 0.147. The Morgan fingerprint density at radius 3 is 2.88 bits per heavy atom. The zero-order valence-electron chi connectivity index (χ0n) is 14.4. The molecule has 0 aliphatic carbocycles. The number of hydrogen-bond donors (Lipinski definition) is 0. The Morgan fingerprint density at radius 2 is 2.16 bits per heavy atom. The first kappa shape index (κ1) is 17.5. The number of nitrogens with zero attached hydrogens (tertiary/aromatic N) is 4. The Morgan fingerprint density at radius 1 is 1.32 bits per heavy atom. The van der Waals surface area contributed by atoms with Crippen LogP contribution in [0.25, 0.3) is 0 Å². The summed E-state index contributed by atoms with van der Waals surface area (Å²) >= 11 is 5.98. The maximum atomic E-state index is 12.0. The molecule has 1 fully saturated rings. The van der Waals surface area contributed by atoms with Gasteiger partial charge < -0.3 is 14.5 Å². The summed E-state index contributed by atoms with van der Waals surface area (Å²) in [6.45, 7) is 6.13. The van der Waals surface area contributed by atoms with E-state index in [0.717, 1.165) is 18.9 Å². The summed E-state index contributed by atoms with van der Waals surface area (Å²) < 4.78 is 5.77. The lowest BCUT2D eigenvalue weighted by molar-refractivity contribution is -0.133. The van der Waals surface area contributed by atoms with Gasteiger partial charge >= 0.3 is 0 Å². The summed E-state index contributed by atoms with van der Waals surface area (Å²) in [5.41, 5.74) is 0. The van der Waals surface area contributed by atoms with E-state index in [1.807, 2.05) is 30.0 Å². The third kappa shape index (κ3) is 4.20. The Kier molecular flexibility index (Phi) is 5.38. The van der Waals surface area contributed by atoms with Crippen molar-refractivity contribution < 1.29 is 9.53 Å². The standard InChI is InChI=1S/C18H21ClN4O2/c1-3-18(24)23-8-7-22(11-13(23)2)16-10-17(21-12-20-16)25-15-6-4-5-14(19)9-15/h4-6,9-10,12-13H,3,7-8,11H2,1-2H3/t13-/m0/s1. The van der Waals surface area contributed by atoms with Gasteiger partial charge in [0.1, 0.15) is 17.9 Å². The van der Waals surface area contributed by atoms with Crippen LogP contribution in [0, 0.1) is 0 Å². The summed E-state index contributed by atoms with van der Waals surface area (Å²) in [4.78, 5) is 24.6. The highest BCUT2D eigenvalue weighted by atomic mass is 35.5. The smallest absolute Gasteiger partial charge is 0.224 e. The molecule has 0 unspecified atom stereocenters. The molecule has 1 aliphatic rings. The number of aromatic nitrogens is 2. The number of benzene rings is 1. The van der Waals surface area contributed by atoms with Crippen molar-refractivity contribution in [3.05, 3.63) is 41.7 Å². The second-order valence-corrected chi connectivity index (χ2v) is 6.45. The molecule has 1 atom stereocenters. The van der Waals surface area contributed by atoms with E-state index in [-0.39, 0.29) is 11.9 Å². The van der Waals surface area contributed by atoms with Crippen LogP contribution in [-0.4, -0.2) is 46.5 Å². The first-order valence-electron chi connectivity index (χ1n) is 8.36. The molecular weight excluding hydrogens is 340 g/mol. The molecule has 0 bridgehead atoms. The highest BCUT2D eigenvalue weighted by molar-refractivity contribution is 6.30. The van der Waals surface area contributed by atoms with Gasteiger partial charge in [0.25, 0.3) is 0 Å². The molecule has 0 radical (unpaired) electrons. The number of halogens is 1. The zero-order chi connectivity index (χ0) is 17.8. The van der Waals surface area contributed by atoms with Crippen LogP contribution in [-0.2, 0) is 4.79 Å². The average Bonchev–Trinajstić information content (AvgIpc) is 2.61. The van der Waals surface area contributed by atoms with Gasteiger partial charge in [0.15, 0.2) is 0 Å². The fraction of sp³-hybridized carbons (Fsp3) is 0.389. The molecule has 7 heteroatoms. The van der Waals surface area contributed by atoms with Gasteiger partial charge in [-0.25, -0.2) is 9.97 Å². The number of amides is 1. The topological polar surface area (TPSA) is 58.6 Å². The Balaban J connectivity index is 1.71. The molecule has 1 saturated heterocycles. The summed E-state index contributed by atoms with van der Waals surface area (Å²) in [6.07, 6.45) is 2.03. The quantitative estimate of drug-likeness (QED) is 0.836. The molecule has 1 aliphatic heterocycles. The largest absolute Gasteiger partial charge is 0.439 e. The molecule has 25 heavy (non-hydrogen) atoms. The molecule has 6 nitrogen and oxygen atoms in total. The predicted octanol–water partition coefficient (Wildman–Crippen LogP) is 3.37. The summed E-state index contributed by atoms with van der Waals surface area (Å²) in [7, 11) is 0. The SMILES string of the molecule is CCC(=O)N1CCN(c2cc(Oc3cccc(Cl)c3)ncn2)C[C@@H]1C. The van der Waals surface area contributed by atoms with E-state index in [9.17, 15) is 4.79 Å². The van der Waals surface area contributed by atoms with E-state index in [4.69, 9.17) is 16.3 Å². The van der Waals surface area contributed by atoms with Gasteiger partial charge in [-0.3, -0.25) is 4.79 Å². The summed E-state index contributed by atoms with van der Waals surface area (Å²) in [5, 5.41) is 0.609. The Hall–Kier alpha value is -2.34. The van der Waals surface area contributed by atoms with Crippen molar-refractivity contribution in [2.75, 3.05) is 24.5 Å². The first-order valence-corrected chi connectivity index (χ1v) is 8.74. The molecule has 1 aromatic carbocycles. The second kappa shape index (κ2) is 7.70. The van der Waals surface area contributed by atoms with Gasteiger partial charge in [-0.05, 0) is 25.1 Å². The van der Waals surface area contributed by atoms with Crippen LogP contribution >= 0.6 is 11.6 Å². The lowest BCUT2D eigenvalue weighted by Crippen LogP contribution is -2.54. The van der Waals surface area contributed by atoms with Gasteiger partial charge in [0.05, 0.1) is 0 Å². The predicted molar refractivity (Wildman–Crippen MR) is 97.2 cm³/mol. The number of hydrogen-bond acceptors (Lipinski definition) is 5. The third-order valence-corrected chi connectivity index (χ3v) is 4.46. The molecule has 0 N–H and O–H groups in total. The van der Waals surface area contributed by atoms with Crippen LogP contribution in [0.4, 0.5) is 5.82 Å². The maximum Gasteiger partial charge on any atom is 0.224 e. The first-order chi connectivity index (χ1) is 12.1. The monoisotopic (exact) mass is 360 g/mol. The number of piperazine rings is 1. The summed E-state index contributed by atoms with van der Waals surface area (Å²) in [5.74, 6) is 2.08. The highest BCUT2D eigenvalue weighted by Crippen LogP contribution is 2.25. The zero-order valence-corrected chi connectivity index (χ0v) is 15.1. The van der Waals surface area contributed by atoms with E-state index in [0.29, 0.717) is 29.6 Å². The number of carbonyl (C=O) groups excluding carboxylic acids is 1. The second-order valence-electron chi connectivity index (χ2n) is 6.01. The van der Waals surface area contributed by atoms with Crippen LogP contribution in [0.2, 0.25) is 5.02 Å². The van der Waals surface area contributed by atoms with Crippen molar-refractivity contribution in [2.45, 2.75) is 26.3 Å². The van der Waals surface area contributed by atoms with E-state index in [1.54, 1.807) is 12.1 Å². The number of ether oxygens (including phenoxy) is 1. The van der Waals surface area contributed by atoms with Crippen molar-refractivity contribution >= 4 is 23.3 Å². The van der Waals surface area contributed by atoms with Crippen LogP contribution < -0.4 is 9.64 Å². The van der Waals surface area contributed by atoms with Gasteiger partial charge in [0.2, 0.25) is 11.8 Å². The summed E-state index contributed by atoms with van der Waals surface area (Å²) in [6, 6.07) is 9.13. The Labute approximate surface area is 152 Å². The maximum absolute atomic E-state index is 12.0. The van der Waals surface area contributed by atoms with Gasteiger partial charge in [0, 0.05) is 43.2 Å². The molecule has 1 amide bonds. The van der Waals surface area contributed by atoms with E-state index < -0.39 is 0 Å². The number of carbonyl (C=O) groups is 1. The molecule has 3 rings (SSSR count). The molecule has 132 valence electrons. The lowest BCUT2D eigenvalue weighted by Gasteiger charge is -2.40. The van der Waals surface area contributed by atoms with E-state index in [2.05, 4.69) is 21.8 Å². The van der Waals surface area contributed by atoms with Crippen molar-refractivity contribution in [2.24, 2.45) is 0 Å². The molecular formula is C18H21ClN4O2. The van der Waals surface area contributed by atoms with Crippen molar-refractivity contribution in [1.29, 1.82) is 0 Å². The Bertz CT molecular complexity index is 755. The van der Waals surface area contributed by atoms with Gasteiger partial charge in [-0.2, -0.15) is 0 Å². The van der Waals surface area contributed by atoms with Gasteiger partial charge in [-0.1, -0.05) is 24.6 Å². The van der Waals surface area contributed by atoms with Crippen LogP contribution in [0.1, 0.15) is 20.3 Å². The normalized spacial score (nSPS) is 17.5. The van der Waals surface area contributed by atoms with Crippen LogP contribution in [0.3, 0.4) is 0 Å². The highest BCUT2D eigenvalue weighted by Gasteiger charge is 2.27. The molecule has 2 heterocycles. The van der Waals surface area contributed by atoms with Crippen molar-refractivity contribution in [3.8, 4) is 11.6 Å². The van der Waals surface area contributed by atoms with Crippen LogP contribution in [0.5, 0.6) is 11.6 Å². The average molecular weight is 361 g/mol. The molecule has 0 spiro atoms. The van der Waals surface area contributed by atoms with Gasteiger partial charge in [-0.15, -0.1) is 0 Å². The minimum Gasteiger partial charge on any atom is -0.439 e. The number of rotatable bonds is 4. The van der Waals surface area contributed by atoms with Crippen molar-refractivity contribution in [3.63, 3.8) is 0 Å². The molecule has 1 aromatic heterocycles.